The minimum absolute atomic E-state index is 0.290. The molecule has 3 fully saturated rings. The summed E-state index contributed by atoms with van der Waals surface area (Å²) < 4.78 is 16.4. The summed E-state index contributed by atoms with van der Waals surface area (Å²) in [7, 11) is 0. The van der Waals surface area contributed by atoms with E-state index in [0.29, 0.717) is 35.8 Å². The maximum absolute atomic E-state index is 14.6. The van der Waals surface area contributed by atoms with Gasteiger partial charge in [0, 0.05) is 24.8 Å². The van der Waals surface area contributed by atoms with E-state index in [2.05, 4.69) is 29.9 Å². The van der Waals surface area contributed by atoms with Crippen LogP contribution in [0.2, 0.25) is 0 Å². The number of fused-ring (bicyclic) bond motifs is 3. The summed E-state index contributed by atoms with van der Waals surface area (Å²) in [4.78, 5) is 21.2. The molecule has 3 aromatic heterocycles. The van der Waals surface area contributed by atoms with Crippen LogP contribution in [0, 0.1) is 12.7 Å². The van der Waals surface area contributed by atoms with Gasteiger partial charge in [-0.1, -0.05) is 6.92 Å². The molecule has 0 aliphatic carbocycles. The zero-order chi connectivity index (χ0) is 17.8. The number of rotatable bonds is 3. The quantitative estimate of drug-likeness (QED) is 0.703. The van der Waals surface area contributed by atoms with Crippen LogP contribution in [-0.4, -0.2) is 54.7 Å². The van der Waals surface area contributed by atoms with E-state index in [9.17, 15) is 4.39 Å². The number of halogens is 1. The molecule has 9 heteroatoms. The van der Waals surface area contributed by atoms with E-state index < -0.39 is 0 Å². The van der Waals surface area contributed by atoms with Gasteiger partial charge < -0.3 is 9.80 Å². The Kier molecular flexibility index (Phi) is 3.31. The molecule has 0 radical (unpaired) electrons. The van der Waals surface area contributed by atoms with E-state index in [4.69, 9.17) is 0 Å². The summed E-state index contributed by atoms with van der Waals surface area (Å²) in [6, 6.07) is 2.63. The average molecular weight is 354 g/mol. The summed E-state index contributed by atoms with van der Waals surface area (Å²) >= 11 is 0. The molecule has 0 saturated carbocycles. The van der Waals surface area contributed by atoms with Crippen molar-refractivity contribution >= 4 is 17.4 Å². The average Bonchev–Trinajstić information content (AvgIpc) is 3.10. The van der Waals surface area contributed by atoms with Gasteiger partial charge in [0.15, 0.2) is 11.6 Å². The highest BCUT2D eigenvalue weighted by Crippen LogP contribution is 2.38. The fourth-order valence-corrected chi connectivity index (χ4v) is 4.11. The van der Waals surface area contributed by atoms with Gasteiger partial charge in [-0.2, -0.15) is 14.6 Å². The molecule has 134 valence electrons. The molecule has 0 amide bonds. The van der Waals surface area contributed by atoms with E-state index in [1.165, 1.54) is 12.7 Å². The number of nitrogens with zero attached hydrogens (tertiary/aromatic N) is 8. The van der Waals surface area contributed by atoms with E-state index in [1.807, 2.05) is 24.8 Å². The fourth-order valence-electron chi connectivity index (χ4n) is 4.11. The first kappa shape index (κ1) is 15.4. The molecule has 2 atom stereocenters. The molecule has 0 spiro atoms. The Morgan fingerprint density at radius 3 is 2.73 bits per heavy atom. The van der Waals surface area contributed by atoms with Crippen molar-refractivity contribution in [2.45, 2.75) is 38.8 Å². The van der Waals surface area contributed by atoms with Crippen LogP contribution in [0.5, 0.6) is 0 Å². The predicted octanol–water partition coefficient (Wildman–Crippen LogP) is 1.39. The van der Waals surface area contributed by atoms with Crippen molar-refractivity contribution in [3.05, 3.63) is 35.9 Å². The van der Waals surface area contributed by atoms with Crippen LogP contribution in [0.1, 0.15) is 24.7 Å². The number of anilines is 2. The number of piperidine rings is 1. The Labute approximate surface area is 149 Å². The third-order valence-electron chi connectivity index (χ3n) is 5.30. The second-order valence-corrected chi connectivity index (χ2v) is 6.89. The lowest BCUT2D eigenvalue weighted by Gasteiger charge is -2.57. The lowest BCUT2D eigenvalue weighted by Crippen LogP contribution is -2.69. The lowest BCUT2D eigenvalue weighted by atomic mass is 9.87. The van der Waals surface area contributed by atoms with Crippen LogP contribution < -0.4 is 9.80 Å². The van der Waals surface area contributed by atoms with Crippen LogP contribution in [0.4, 0.5) is 16.0 Å². The van der Waals surface area contributed by atoms with Gasteiger partial charge in [0.2, 0.25) is 0 Å². The number of aryl methyl sites for hydroxylation is 2. The van der Waals surface area contributed by atoms with E-state index in [0.717, 1.165) is 31.0 Å². The van der Waals surface area contributed by atoms with Crippen molar-refractivity contribution in [3.63, 3.8) is 0 Å². The molecule has 2 unspecified atom stereocenters. The molecule has 6 rings (SSSR count). The van der Waals surface area contributed by atoms with Crippen LogP contribution in [0.3, 0.4) is 0 Å². The summed E-state index contributed by atoms with van der Waals surface area (Å²) in [6.07, 6.45) is 4.63. The lowest BCUT2D eigenvalue weighted by molar-refractivity contribution is 0.284. The van der Waals surface area contributed by atoms with Crippen molar-refractivity contribution < 1.29 is 4.39 Å². The van der Waals surface area contributed by atoms with Crippen molar-refractivity contribution in [3.8, 4) is 0 Å². The van der Waals surface area contributed by atoms with Gasteiger partial charge in [0.05, 0.1) is 17.8 Å². The Morgan fingerprint density at radius 2 is 1.96 bits per heavy atom. The largest absolute Gasteiger partial charge is 0.350 e. The zero-order valence-corrected chi connectivity index (χ0v) is 14.7. The molecule has 8 nitrogen and oxygen atoms in total. The Morgan fingerprint density at radius 1 is 1.15 bits per heavy atom. The van der Waals surface area contributed by atoms with Gasteiger partial charge in [0.1, 0.15) is 18.5 Å². The molecule has 0 N–H and O–H groups in total. The molecular formula is C17H19FN8. The molecule has 6 heterocycles. The predicted molar refractivity (Wildman–Crippen MR) is 93.8 cm³/mol. The van der Waals surface area contributed by atoms with E-state index in [1.54, 1.807) is 4.52 Å². The second kappa shape index (κ2) is 5.58. The van der Waals surface area contributed by atoms with Gasteiger partial charge in [-0.25, -0.2) is 19.3 Å². The highest BCUT2D eigenvalue weighted by atomic mass is 19.1. The maximum Gasteiger partial charge on any atom is 0.254 e. The highest BCUT2D eigenvalue weighted by Gasteiger charge is 2.46. The van der Waals surface area contributed by atoms with Crippen LogP contribution in [0.25, 0.3) is 5.78 Å². The first-order valence-electron chi connectivity index (χ1n) is 8.85. The number of aromatic nitrogens is 6. The van der Waals surface area contributed by atoms with E-state index >= 15 is 0 Å². The Balaban J connectivity index is 1.45. The first-order chi connectivity index (χ1) is 12.7. The Hall–Kier alpha value is -2.84. The summed E-state index contributed by atoms with van der Waals surface area (Å²) in [5, 5.41) is 4.31. The second-order valence-electron chi connectivity index (χ2n) is 6.89. The normalized spacial score (nSPS) is 22.0. The van der Waals surface area contributed by atoms with Crippen molar-refractivity contribution in [1.82, 2.24) is 29.5 Å². The minimum Gasteiger partial charge on any atom is -0.350 e. The smallest absolute Gasteiger partial charge is 0.254 e. The third kappa shape index (κ3) is 2.16. The third-order valence-corrected chi connectivity index (χ3v) is 5.30. The van der Waals surface area contributed by atoms with Crippen molar-refractivity contribution in [1.29, 1.82) is 0 Å². The molecule has 3 aromatic rings. The summed E-state index contributed by atoms with van der Waals surface area (Å²) in [6.45, 7) is 5.32. The SMILES string of the molecule is CCc1ncnc(N2CC3CC(C2)N3c2cc(C)nc3ncnn23)c1F. The zero-order valence-electron chi connectivity index (χ0n) is 14.7. The standard InChI is InChI=1S/C17H19FN8/c1-3-13-15(18)16(20-8-19-13)24-6-11-5-12(7-24)25(11)14-4-10(2)23-17-21-9-22-26(14)17/h4,8-9,11-12H,3,5-7H2,1-2H3. The Bertz CT molecular complexity index is 974. The minimum atomic E-state index is -0.290. The number of hydrogen-bond acceptors (Lipinski definition) is 7. The van der Waals surface area contributed by atoms with Crippen molar-refractivity contribution in [2.75, 3.05) is 22.9 Å². The van der Waals surface area contributed by atoms with Crippen LogP contribution >= 0.6 is 0 Å². The number of piperazine rings is 1. The van der Waals surface area contributed by atoms with Gasteiger partial charge in [-0.3, -0.25) is 0 Å². The molecule has 3 aliphatic heterocycles. The first-order valence-corrected chi connectivity index (χ1v) is 8.85. The molecule has 3 saturated heterocycles. The van der Waals surface area contributed by atoms with Gasteiger partial charge in [-0.05, 0) is 19.8 Å². The topological polar surface area (TPSA) is 75.3 Å². The fraction of sp³-hybridized carbons (Fsp3) is 0.471. The molecular weight excluding hydrogens is 335 g/mol. The highest BCUT2D eigenvalue weighted by molar-refractivity contribution is 5.55. The van der Waals surface area contributed by atoms with Gasteiger partial charge in [0.25, 0.3) is 5.78 Å². The monoisotopic (exact) mass is 354 g/mol. The molecule has 2 bridgehead atoms. The summed E-state index contributed by atoms with van der Waals surface area (Å²) in [5.74, 6) is 1.74. The molecule has 3 aliphatic rings. The van der Waals surface area contributed by atoms with E-state index in [-0.39, 0.29) is 5.82 Å². The van der Waals surface area contributed by atoms with Crippen LogP contribution in [0.15, 0.2) is 18.7 Å². The molecule has 0 aromatic carbocycles. The van der Waals surface area contributed by atoms with Gasteiger partial charge in [-0.15, -0.1) is 0 Å². The van der Waals surface area contributed by atoms with Gasteiger partial charge >= 0.3 is 0 Å². The van der Waals surface area contributed by atoms with Crippen LogP contribution in [-0.2, 0) is 6.42 Å². The van der Waals surface area contributed by atoms with Crippen molar-refractivity contribution in [2.24, 2.45) is 0 Å². The molecule has 26 heavy (non-hydrogen) atoms. The number of hydrogen-bond donors (Lipinski definition) is 0. The maximum atomic E-state index is 14.6. The summed E-state index contributed by atoms with van der Waals surface area (Å²) in [5.41, 5.74) is 1.39.